The zero-order valence-corrected chi connectivity index (χ0v) is 19.8. The van der Waals surface area contributed by atoms with Gasteiger partial charge in [-0.15, -0.1) is 11.3 Å². The molecule has 32 heavy (non-hydrogen) atoms. The molecule has 8 heteroatoms. The molecule has 2 heterocycles. The largest absolute Gasteiger partial charge is 0.496 e. The number of methoxy groups -OCH3 is 1. The molecule has 1 aromatic carbocycles. The third-order valence-electron chi connectivity index (χ3n) is 6.27. The maximum atomic E-state index is 13.4. The standard InChI is InChI=1S/C24H29F3N3OS/c1-6-16-13-29(12-15(4)30(16)14(2)3)17-7-8-19-22(9-17)32-23-11-21(31-5)18(24(25,26)27)10-20(23)28-19/h7-11,14-16H,6,12-13H2,1-5H3/q+1. The van der Waals surface area contributed by atoms with Crippen LogP contribution in [0.4, 0.5) is 13.2 Å². The van der Waals surface area contributed by atoms with Gasteiger partial charge in [0.15, 0.2) is 13.1 Å². The summed E-state index contributed by atoms with van der Waals surface area (Å²) in [6, 6.07) is 10.0. The molecular weight excluding hydrogens is 435 g/mol. The minimum atomic E-state index is -4.49. The minimum Gasteiger partial charge on any atom is -0.496 e. The first-order valence-electron chi connectivity index (χ1n) is 11.0. The highest BCUT2D eigenvalue weighted by Gasteiger charge is 2.36. The van der Waals surface area contributed by atoms with Gasteiger partial charge in [-0.25, -0.2) is 9.56 Å². The lowest BCUT2D eigenvalue weighted by atomic mass is 10.0. The average molecular weight is 465 g/mol. The Morgan fingerprint density at radius 3 is 2.59 bits per heavy atom. The Balaban J connectivity index is 1.82. The predicted molar refractivity (Wildman–Crippen MR) is 123 cm³/mol. The van der Waals surface area contributed by atoms with Gasteiger partial charge in [0.05, 0.1) is 45.5 Å². The molecule has 0 aromatic heterocycles. The van der Waals surface area contributed by atoms with E-state index in [9.17, 15) is 13.2 Å². The highest BCUT2D eigenvalue weighted by molar-refractivity contribution is 7.21. The molecule has 0 bridgehead atoms. The lowest BCUT2D eigenvalue weighted by Gasteiger charge is -2.41. The molecular formula is C24H29F3N3OS+. The third-order valence-corrected chi connectivity index (χ3v) is 7.36. The van der Waals surface area contributed by atoms with Gasteiger partial charge in [0, 0.05) is 24.2 Å². The Hall–Kier alpha value is -2.19. The first kappa shape index (κ1) is 23.0. The number of benzene rings is 2. The van der Waals surface area contributed by atoms with Gasteiger partial charge in [-0.3, -0.25) is 4.90 Å². The van der Waals surface area contributed by atoms with Crippen LogP contribution in [0.2, 0.25) is 0 Å². The first-order valence-corrected chi connectivity index (χ1v) is 11.8. The van der Waals surface area contributed by atoms with Crippen LogP contribution in [0.25, 0.3) is 20.8 Å². The number of aromatic nitrogens is 1. The van der Waals surface area contributed by atoms with E-state index >= 15 is 0 Å². The Bertz CT molecular complexity index is 1170. The van der Waals surface area contributed by atoms with Crippen molar-refractivity contribution >= 4 is 21.6 Å². The van der Waals surface area contributed by atoms with Crippen molar-refractivity contribution in [1.82, 2.24) is 14.5 Å². The summed E-state index contributed by atoms with van der Waals surface area (Å²) in [7, 11) is 1.26. The van der Waals surface area contributed by atoms with Crippen molar-refractivity contribution < 1.29 is 17.9 Å². The molecule has 2 unspecified atom stereocenters. The number of hydrogen-bond donors (Lipinski definition) is 0. The van der Waals surface area contributed by atoms with Crippen molar-refractivity contribution in [2.45, 2.75) is 58.4 Å². The van der Waals surface area contributed by atoms with Crippen LogP contribution in [-0.4, -0.2) is 48.2 Å². The van der Waals surface area contributed by atoms with Crippen molar-refractivity contribution in [1.29, 1.82) is 0 Å². The fourth-order valence-corrected chi connectivity index (χ4v) is 5.92. The van der Waals surface area contributed by atoms with Crippen LogP contribution in [-0.2, 0) is 6.18 Å². The number of halogens is 3. The summed E-state index contributed by atoms with van der Waals surface area (Å²) < 4.78 is 48.3. The molecule has 0 amide bonds. The van der Waals surface area contributed by atoms with E-state index in [1.54, 1.807) is 0 Å². The van der Waals surface area contributed by atoms with E-state index < -0.39 is 11.7 Å². The number of ether oxygens (including phenoxy) is 1. The average Bonchev–Trinajstić information content (AvgIpc) is 2.74. The van der Waals surface area contributed by atoms with Gasteiger partial charge in [-0.05, 0) is 39.3 Å². The quantitative estimate of drug-likeness (QED) is 0.399. The zero-order valence-electron chi connectivity index (χ0n) is 19.0. The van der Waals surface area contributed by atoms with Gasteiger partial charge in [-0.1, -0.05) is 6.92 Å². The van der Waals surface area contributed by atoms with Crippen LogP contribution in [0.5, 0.6) is 5.75 Å². The molecule has 4 nitrogen and oxygen atoms in total. The second-order valence-electron chi connectivity index (χ2n) is 8.74. The van der Waals surface area contributed by atoms with Crippen LogP contribution < -0.4 is 14.7 Å². The number of hydrogen-bond acceptors (Lipinski definition) is 4. The fraction of sp³-hybridized carbons (Fsp3) is 0.500. The summed E-state index contributed by atoms with van der Waals surface area (Å²) in [6.07, 6.45) is -3.40. The van der Waals surface area contributed by atoms with Crippen LogP contribution in [0.3, 0.4) is 0 Å². The van der Waals surface area contributed by atoms with Crippen LogP contribution in [0, 0.1) is 0 Å². The number of fused-ring (bicyclic) bond motifs is 2. The van der Waals surface area contributed by atoms with E-state index in [0.29, 0.717) is 34.0 Å². The molecule has 172 valence electrons. The normalized spacial score (nSPS) is 22.2. The van der Waals surface area contributed by atoms with Gasteiger partial charge in [0.25, 0.3) is 0 Å². The summed E-state index contributed by atoms with van der Waals surface area (Å²) in [4.78, 5) is 8.07. The minimum absolute atomic E-state index is 0.178. The van der Waals surface area contributed by atoms with Gasteiger partial charge in [0.1, 0.15) is 5.75 Å². The number of piperazine rings is 1. The van der Waals surface area contributed by atoms with E-state index in [4.69, 9.17) is 4.74 Å². The molecule has 1 aromatic rings. The molecule has 0 spiro atoms. The molecule has 0 saturated carbocycles. The molecule has 1 fully saturated rings. The van der Waals surface area contributed by atoms with Crippen molar-refractivity contribution in [2.75, 3.05) is 20.2 Å². The van der Waals surface area contributed by atoms with E-state index in [0.717, 1.165) is 35.8 Å². The van der Waals surface area contributed by atoms with Crippen molar-refractivity contribution in [2.24, 2.45) is 0 Å². The highest BCUT2D eigenvalue weighted by atomic mass is 32.1. The molecule has 0 N–H and O–H groups in total. The van der Waals surface area contributed by atoms with Gasteiger partial charge < -0.3 is 4.74 Å². The lowest BCUT2D eigenvalue weighted by molar-refractivity contribution is -0.138. The summed E-state index contributed by atoms with van der Waals surface area (Å²) in [5.74, 6) is -0.178. The van der Waals surface area contributed by atoms with Gasteiger partial charge in [0.2, 0.25) is 5.36 Å². The van der Waals surface area contributed by atoms with Gasteiger partial charge in [-0.2, -0.15) is 13.2 Å². The molecule has 4 rings (SSSR count). The Labute approximate surface area is 190 Å². The summed E-state index contributed by atoms with van der Waals surface area (Å²) in [6.45, 7) is 10.9. The fourth-order valence-electron chi connectivity index (χ4n) is 4.91. The molecule has 1 saturated heterocycles. The molecule has 2 atom stereocenters. The molecule has 3 aliphatic rings. The highest BCUT2D eigenvalue weighted by Crippen LogP contribution is 2.40. The maximum Gasteiger partial charge on any atom is 0.420 e. The summed E-state index contributed by atoms with van der Waals surface area (Å²) in [5.41, 5.74) is 0.227. The zero-order chi connectivity index (χ0) is 23.2. The predicted octanol–water partition coefficient (Wildman–Crippen LogP) is 5.09. The van der Waals surface area contributed by atoms with Crippen molar-refractivity contribution in [3.63, 3.8) is 0 Å². The van der Waals surface area contributed by atoms with Crippen LogP contribution in [0.15, 0.2) is 30.3 Å². The SMILES string of the molecule is CCC1C[N+](=c2ccc3nc4cc(C(F)(F)F)c(OC)cc4sc-3c2)CC(C)N1C(C)C. The second kappa shape index (κ2) is 8.63. The van der Waals surface area contributed by atoms with Crippen LogP contribution in [0.1, 0.15) is 39.7 Å². The van der Waals surface area contributed by atoms with E-state index in [1.807, 2.05) is 12.1 Å². The second-order valence-corrected chi connectivity index (χ2v) is 9.82. The third kappa shape index (κ3) is 4.22. The summed E-state index contributed by atoms with van der Waals surface area (Å²) >= 11 is 1.44. The smallest absolute Gasteiger partial charge is 0.420 e. The van der Waals surface area contributed by atoms with E-state index in [-0.39, 0.29) is 5.75 Å². The Kier molecular flexibility index (Phi) is 6.20. The monoisotopic (exact) mass is 464 g/mol. The molecule has 0 radical (unpaired) electrons. The topological polar surface area (TPSA) is 28.4 Å². The Morgan fingerprint density at radius 1 is 1.22 bits per heavy atom. The van der Waals surface area contributed by atoms with Crippen molar-refractivity contribution in [3.8, 4) is 16.3 Å². The van der Waals surface area contributed by atoms with E-state index in [1.165, 1.54) is 24.5 Å². The molecule has 2 aliphatic heterocycles. The molecule has 1 aliphatic carbocycles. The van der Waals surface area contributed by atoms with Crippen molar-refractivity contribution in [3.05, 3.63) is 41.3 Å². The maximum absolute atomic E-state index is 13.4. The van der Waals surface area contributed by atoms with Crippen LogP contribution >= 0.6 is 11.3 Å². The lowest BCUT2D eigenvalue weighted by Crippen LogP contribution is -2.60. The number of rotatable bonds is 3. The first-order chi connectivity index (χ1) is 15.1. The number of alkyl halides is 3. The Morgan fingerprint density at radius 2 is 1.97 bits per heavy atom. The van der Waals surface area contributed by atoms with Gasteiger partial charge >= 0.3 is 6.18 Å². The van der Waals surface area contributed by atoms with E-state index in [2.05, 4.69) is 48.2 Å². The summed E-state index contributed by atoms with van der Waals surface area (Å²) in [5, 5.41) is 1.13. The number of nitrogens with zero attached hydrogens (tertiary/aromatic N) is 3.